The van der Waals surface area contributed by atoms with Crippen LogP contribution < -0.4 is 0 Å². The first-order chi connectivity index (χ1) is 12.1. The Morgan fingerprint density at radius 1 is 1.12 bits per heavy atom. The number of amides is 1. The molecule has 0 atom stereocenters. The summed E-state index contributed by atoms with van der Waals surface area (Å²) in [5.41, 5.74) is 0.385. The van der Waals surface area contributed by atoms with Gasteiger partial charge in [0.1, 0.15) is 5.60 Å². The standard InChI is InChI=1S/C19H29NO5S/c1-19(2,3)24-18(21)20(4)25-26(22,23)17-12-10-16(11-13-17)14-15-8-6-5-7-9-15/h10-13,15H,5-9,14H2,1-4H3. The molecule has 7 heteroatoms. The van der Waals surface area contributed by atoms with E-state index in [1.807, 2.05) is 12.1 Å². The fourth-order valence-electron chi connectivity index (χ4n) is 3.06. The van der Waals surface area contributed by atoms with Crippen molar-refractivity contribution in [1.82, 2.24) is 5.06 Å². The van der Waals surface area contributed by atoms with E-state index in [0.29, 0.717) is 11.0 Å². The van der Waals surface area contributed by atoms with E-state index in [1.165, 1.54) is 51.3 Å². The molecule has 0 radical (unpaired) electrons. The van der Waals surface area contributed by atoms with Crippen molar-refractivity contribution in [2.24, 2.45) is 5.92 Å². The van der Waals surface area contributed by atoms with Crippen molar-refractivity contribution in [3.05, 3.63) is 29.8 Å². The van der Waals surface area contributed by atoms with Crippen LogP contribution in [0.15, 0.2) is 29.2 Å². The van der Waals surface area contributed by atoms with Crippen molar-refractivity contribution in [3.8, 4) is 0 Å². The Morgan fingerprint density at radius 3 is 2.23 bits per heavy atom. The lowest BCUT2D eigenvalue weighted by molar-refractivity contribution is -0.0526. The van der Waals surface area contributed by atoms with E-state index < -0.39 is 21.8 Å². The summed E-state index contributed by atoms with van der Waals surface area (Å²) in [5.74, 6) is 0.681. The second kappa shape index (κ2) is 8.39. The van der Waals surface area contributed by atoms with Crippen molar-refractivity contribution < 1.29 is 22.2 Å². The van der Waals surface area contributed by atoms with Gasteiger partial charge in [0.25, 0.3) is 0 Å². The van der Waals surface area contributed by atoms with Crippen LogP contribution in [-0.4, -0.2) is 32.2 Å². The lowest BCUT2D eigenvalue weighted by Gasteiger charge is -2.23. The number of hydroxylamine groups is 2. The summed E-state index contributed by atoms with van der Waals surface area (Å²) in [6.07, 6.45) is 6.46. The smallest absolute Gasteiger partial charge is 0.435 e. The fraction of sp³-hybridized carbons (Fsp3) is 0.632. The van der Waals surface area contributed by atoms with Gasteiger partial charge in [0.15, 0.2) is 0 Å². The van der Waals surface area contributed by atoms with Crippen LogP contribution in [0.5, 0.6) is 0 Å². The number of nitrogens with zero attached hydrogens (tertiary/aromatic N) is 1. The van der Waals surface area contributed by atoms with E-state index in [9.17, 15) is 13.2 Å². The summed E-state index contributed by atoms with van der Waals surface area (Å²) >= 11 is 0. The molecule has 146 valence electrons. The van der Waals surface area contributed by atoms with Gasteiger partial charge >= 0.3 is 16.2 Å². The van der Waals surface area contributed by atoms with E-state index in [0.717, 1.165) is 12.0 Å². The van der Waals surface area contributed by atoms with E-state index in [2.05, 4.69) is 0 Å². The molecule has 0 heterocycles. The van der Waals surface area contributed by atoms with Crippen LogP contribution in [0.2, 0.25) is 0 Å². The first kappa shape index (κ1) is 20.7. The molecule has 0 N–H and O–H groups in total. The minimum absolute atomic E-state index is 0.0142. The van der Waals surface area contributed by atoms with Crippen LogP contribution in [0.3, 0.4) is 0 Å². The average molecular weight is 384 g/mol. The number of benzene rings is 1. The SMILES string of the molecule is CN(OS(=O)(=O)c1ccc(CC2CCCCC2)cc1)C(=O)OC(C)(C)C. The number of ether oxygens (including phenoxy) is 1. The molecule has 26 heavy (non-hydrogen) atoms. The summed E-state index contributed by atoms with van der Waals surface area (Å²) in [5, 5.41) is 0.594. The predicted octanol–water partition coefficient (Wildman–Crippen LogP) is 4.30. The molecule has 2 rings (SSSR count). The zero-order chi connectivity index (χ0) is 19.4. The average Bonchev–Trinajstić information content (AvgIpc) is 2.54. The van der Waals surface area contributed by atoms with E-state index in [4.69, 9.17) is 9.02 Å². The van der Waals surface area contributed by atoms with Crippen LogP contribution in [0.1, 0.15) is 58.4 Å². The van der Waals surface area contributed by atoms with Crippen LogP contribution >= 0.6 is 0 Å². The van der Waals surface area contributed by atoms with Crippen LogP contribution in [0.25, 0.3) is 0 Å². The highest BCUT2D eigenvalue weighted by Gasteiger charge is 2.26. The predicted molar refractivity (Wildman–Crippen MR) is 99.0 cm³/mol. The summed E-state index contributed by atoms with van der Waals surface area (Å²) in [7, 11) is -2.87. The van der Waals surface area contributed by atoms with E-state index >= 15 is 0 Å². The Morgan fingerprint density at radius 2 is 1.69 bits per heavy atom. The highest BCUT2D eigenvalue weighted by molar-refractivity contribution is 7.86. The lowest BCUT2D eigenvalue weighted by atomic mass is 9.85. The maximum Gasteiger partial charge on any atom is 0.435 e. The molecule has 0 spiro atoms. The largest absolute Gasteiger partial charge is 0.442 e. The Hall–Kier alpha value is -1.60. The third-order valence-electron chi connectivity index (χ3n) is 4.32. The van der Waals surface area contributed by atoms with Crippen LogP contribution in [-0.2, 0) is 25.6 Å². The lowest BCUT2D eigenvalue weighted by Crippen LogP contribution is -2.35. The molecule has 1 aliphatic rings. The third kappa shape index (κ3) is 6.29. The van der Waals surface area contributed by atoms with E-state index in [1.54, 1.807) is 20.8 Å². The molecule has 1 amide bonds. The first-order valence-electron chi connectivity index (χ1n) is 9.07. The summed E-state index contributed by atoms with van der Waals surface area (Å²) in [4.78, 5) is 11.9. The molecular weight excluding hydrogens is 354 g/mol. The van der Waals surface area contributed by atoms with Crippen LogP contribution in [0, 0.1) is 5.92 Å². The topological polar surface area (TPSA) is 72.9 Å². The molecular formula is C19H29NO5S. The molecule has 1 fully saturated rings. The molecule has 0 unspecified atom stereocenters. The summed E-state index contributed by atoms with van der Waals surface area (Å²) in [6.45, 7) is 5.08. The van der Waals surface area contributed by atoms with E-state index in [-0.39, 0.29) is 4.90 Å². The monoisotopic (exact) mass is 383 g/mol. The molecule has 0 bridgehead atoms. The molecule has 1 saturated carbocycles. The zero-order valence-corrected chi connectivity index (χ0v) is 16.8. The van der Waals surface area contributed by atoms with Gasteiger partial charge in [-0.15, -0.1) is 4.28 Å². The second-order valence-corrected chi connectivity index (χ2v) is 9.39. The molecule has 0 aromatic heterocycles. The fourth-order valence-corrected chi connectivity index (χ4v) is 3.97. The molecule has 0 saturated heterocycles. The Bertz CT molecular complexity index is 700. The molecule has 0 aliphatic heterocycles. The van der Waals surface area contributed by atoms with Gasteiger partial charge in [0.05, 0.1) is 4.90 Å². The van der Waals surface area contributed by atoms with Crippen LogP contribution in [0.4, 0.5) is 4.79 Å². The third-order valence-corrected chi connectivity index (χ3v) is 5.59. The van der Waals surface area contributed by atoms with Gasteiger partial charge in [-0.25, -0.2) is 4.79 Å². The summed E-state index contributed by atoms with van der Waals surface area (Å²) in [6, 6.07) is 6.68. The molecule has 6 nitrogen and oxygen atoms in total. The van der Waals surface area contributed by atoms with Gasteiger partial charge in [0.2, 0.25) is 0 Å². The van der Waals surface area contributed by atoms with Gasteiger partial charge in [-0.1, -0.05) is 44.2 Å². The Labute approximate surface area is 156 Å². The molecule has 1 aliphatic carbocycles. The van der Waals surface area contributed by atoms with Crippen molar-refractivity contribution in [3.63, 3.8) is 0 Å². The number of carbonyl (C=O) groups is 1. The molecule has 1 aromatic rings. The normalized spacial score (nSPS) is 16.3. The Kier molecular flexibility index (Phi) is 6.69. The van der Waals surface area contributed by atoms with Gasteiger partial charge < -0.3 is 4.74 Å². The van der Waals surface area contributed by atoms with Gasteiger partial charge in [0, 0.05) is 7.05 Å². The quantitative estimate of drug-likeness (QED) is 0.709. The summed E-state index contributed by atoms with van der Waals surface area (Å²) < 4.78 is 34.6. The minimum atomic E-state index is -4.08. The maximum atomic E-state index is 12.3. The number of carbonyl (C=O) groups excluding carboxylic acids is 1. The van der Waals surface area contributed by atoms with Crippen molar-refractivity contribution in [2.75, 3.05) is 7.05 Å². The number of hydrogen-bond donors (Lipinski definition) is 0. The number of rotatable bonds is 5. The van der Waals surface area contributed by atoms with Crippen molar-refractivity contribution in [1.29, 1.82) is 0 Å². The molecule has 1 aromatic carbocycles. The van der Waals surface area contributed by atoms with Gasteiger partial charge in [-0.05, 0) is 50.8 Å². The zero-order valence-electron chi connectivity index (χ0n) is 16.0. The minimum Gasteiger partial charge on any atom is -0.442 e. The second-order valence-electron chi connectivity index (χ2n) is 7.86. The first-order valence-corrected chi connectivity index (χ1v) is 10.5. The number of hydrogen-bond acceptors (Lipinski definition) is 5. The van der Waals surface area contributed by atoms with Gasteiger partial charge in [-0.3, -0.25) is 0 Å². The Balaban J connectivity index is 1.98. The van der Waals surface area contributed by atoms with Crippen molar-refractivity contribution in [2.45, 2.75) is 69.8 Å². The maximum absolute atomic E-state index is 12.3. The van der Waals surface area contributed by atoms with Crippen molar-refractivity contribution >= 4 is 16.2 Å². The van der Waals surface area contributed by atoms with Gasteiger partial charge in [-0.2, -0.15) is 13.5 Å². The highest BCUT2D eigenvalue weighted by Crippen LogP contribution is 2.27. The highest BCUT2D eigenvalue weighted by atomic mass is 32.2.